The molecule has 262 valence electrons. The molecule has 0 aromatic heterocycles. The van der Waals surface area contributed by atoms with E-state index in [0.717, 1.165) is 37.4 Å². The largest absolute Gasteiger partial charge is 0.492 e. The van der Waals surface area contributed by atoms with Crippen molar-refractivity contribution < 1.29 is 9.47 Å². The molecule has 52 heavy (non-hydrogen) atoms. The van der Waals surface area contributed by atoms with E-state index in [9.17, 15) is 0 Å². The van der Waals surface area contributed by atoms with Crippen LogP contribution in [0.25, 0.3) is 22.3 Å². The molecule has 0 N–H and O–H groups in total. The van der Waals surface area contributed by atoms with E-state index < -0.39 is 0 Å². The molecule has 0 atom stereocenters. The summed E-state index contributed by atoms with van der Waals surface area (Å²) in [6.07, 6.45) is 1.88. The highest BCUT2D eigenvalue weighted by Crippen LogP contribution is 2.36. The van der Waals surface area contributed by atoms with Gasteiger partial charge in [0.1, 0.15) is 24.7 Å². The zero-order valence-electron chi connectivity index (χ0n) is 30.7. The van der Waals surface area contributed by atoms with E-state index >= 15 is 0 Å². The summed E-state index contributed by atoms with van der Waals surface area (Å²) in [6, 6.07) is 59.8. The Bertz CT molecular complexity index is 1870. The molecule has 0 aliphatic carbocycles. The van der Waals surface area contributed by atoms with Crippen molar-refractivity contribution in [3.05, 3.63) is 203 Å². The molecule has 0 bridgehead atoms. The van der Waals surface area contributed by atoms with Crippen molar-refractivity contribution in [2.75, 3.05) is 33.4 Å². The molecular weight excluding hydrogens is 635 g/mol. The average molecular weight is 684 g/mol. The van der Waals surface area contributed by atoms with Gasteiger partial charge in [-0.25, -0.2) is 0 Å². The first-order valence-electron chi connectivity index (χ1n) is 18.5. The second-order valence-corrected chi connectivity index (χ2v) is 12.9. The third-order valence-corrected chi connectivity index (χ3v) is 9.45. The van der Waals surface area contributed by atoms with Gasteiger partial charge in [-0.2, -0.15) is 0 Å². The molecule has 0 saturated heterocycles. The monoisotopic (exact) mass is 683 g/mol. The Hall–Kier alpha value is -5.64. The molecule has 0 unspecified atom stereocenters. The van der Waals surface area contributed by atoms with Crippen molar-refractivity contribution in [3.63, 3.8) is 0 Å². The molecule has 0 amide bonds. The quantitative estimate of drug-likeness (QED) is 0.0948. The van der Waals surface area contributed by atoms with Gasteiger partial charge in [0, 0.05) is 13.1 Å². The number of benzene rings is 6. The Morgan fingerprint density at radius 1 is 0.385 bits per heavy atom. The van der Waals surface area contributed by atoms with Gasteiger partial charge in [0.25, 0.3) is 0 Å². The lowest BCUT2D eigenvalue weighted by atomic mass is 9.88. The maximum absolute atomic E-state index is 6.18. The van der Waals surface area contributed by atoms with Gasteiger partial charge < -0.3 is 9.47 Å². The molecule has 3 nitrogen and oxygen atoms in total. The molecule has 0 fully saturated rings. The summed E-state index contributed by atoms with van der Waals surface area (Å²) in [5, 5.41) is 0. The molecule has 0 saturated carbocycles. The molecule has 0 aliphatic rings. The summed E-state index contributed by atoms with van der Waals surface area (Å²) in [5.41, 5.74) is 12.5. The lowest BCUT2D eigenvalue weighted by molar-refractivity contribution is 0.202. The van der Waals surface area contributed by atoms with Gasteiger partial charge >= 0.3 is 0 Å². The van der Waals surface area contributed by atoms with Crippen LogP contribution < -0.4 is 9.47 Å². The van der Waals surface area contributed by atoms with Crippen LogP contribution in [0.5, 0.6) is 11.5 Å². The lowest BCUT2D eigenvalue weighted by Gasteiger charge is -2.19. The van der Waals surface area contributed by atoms with Crippen molar-refractivity contribution in [2.24, 2.45) is 0 Å². The number of allylic oxidation sites excluding steroid dienone is 2. The van der Waals surface area contributed by atoms with Crippen LogP contribution in [-0.2, 0) is 0 Å². The fraction of sp³-hybridized carbons (Fsp3) is 0.184. The van der Waals surface area contributed by atoms with E-state index in [1.807, 2.05) is 0 Å². The number of ether oxygens (including phenoxy) is 2. The number of hydrogen-bond acceptors (Lipinski definition) is 3. The fourth-order valence-corrected chi connectivity index (χ4v) is 6.76. The first-order valence-corrected chi connectivity index (χ1v) is 18.5. The third-order valence-electron chi connectivity index (χ3n) is 9.45. The van der Waals surface area contributed by atoms with E-state index in [-0.39, 0.29) is 0 Å². The van der Waals surface area contributed by atoms with Crippen LogP contribution in [-0.4, -0.2) is 38.3 Å². The van der Waals surface area contributed by atoms with Gasteiger partial charge in [0.05, 0.1) is 0 Å². The summed E-state index contributed by atoms with van der Waals surface area (Å²) in [5.74, 6) is 1.75. The smallest absolute Gasteiger partial charge is 0.119 e. The normalized spacial score (nSPS) is 12.2. The lowest BCUT2D eigenvalue weighted by Crippen LogP contribution is -2.28. The summed E-state index contributed by atoms with van der Waals surface area (Å²) in [6.45, 7) is 7.28. The standard InChI is InChI=1S/C49H49NO2/c1-4-46(38-18-10-6-11-19-38)48(40-22-14-8-15-23-40)42-26-30-44(31-27-42)51-36-34-50(3)35-37-52-45-32-28-43(29-33-45)49(41-24-16-9-17-25-41)47(5-2)39-20-12-7-13-21-39/h6-33H,4-5,34-37H2,1-3H3/b48-46-,49-47-. The van der Waals surface area contributed by atoms with Crippen LogP contribution in [0.2, 0.25) is 0 Å². The Balaban J connectivity index is 1.04. The molecule has 0 radical (unpaired) electrons. The van der Waals surface area contributed by atoms with Crippen LogP contribution >= 0.6 is 0 Å². The Kier molecular flexibility index (Phi) is 12.9. The zero-order chi connectivity index (χ0) is 36.0. The predicted molar refractivity (Wildman–Crippen MR) is 220 cm³/mol. The first kappa shape index (κ1) is 36.2. The minimum Gasteiger partial charge on any atom is -0.492 e. The Labute approximate surface area is 310 Å². The average Bonchev–Trinajstić information content (AvgIpc) is 3.21. The molecule has 0 aliphatic heterocycles. The third kappa shape index (κ3) is 9.37. The SMILES string of the molecule is CC/C(=C(\c1ccccc1)c1ccc(OCCN(C)CCOc2ccc(/C(=C(/CC)c3ccccc3)c3ccccc3)cc2)cc1)c1ccccc1. The van der Waals surface area contributed by atoms with Gasteiger partial charge in [-0.1, -0.05) is 159 Å². The first-order chi connectivity index (χ1) is 25.6. The van der Waals surface area contributed by atoms with Gasteiger partial charge in [-0.05, 0) is 99.8 Å². The summed E-state index contributed by atoms with van der Waals surface area (Å²) in [4.78, 5) is 2.25. The van der Waals surface area contributed by atoms with Crippen LogP contribution in [0.1, 0.15) is 60.1 Å². The van der Waals surface area contributed by atoms with Crippen molar-refractivity contribution in [3.8, 4) is 11.5 Å². The Morgan fingerprint density at radius 3 is 0.981 bits per heavy atom. The van der Waals surface area contributed by atoms with Crippen LogP contribution in [0, 0.1) is 0 Å². The van der Waals surface area contributed by atoms with E-state index in [2.05, 4.69) is 196 Å². The van der Waals surface area contributed by atoms with Crippen molar-refractivity contribution in [1.29, 1.82) is 0 Å². The van der Waals surface area contributed by atoms with Gasteiger partial charge in [-0.15, -0.1) is 0 Å². The van der Waals surface area contributed by atoms with E-state index in [1.165, 1.54) is 55.7 Å². The number of nitrogens with zero attached hydrogens (tertiary/aromatic N) is 1. The predicted octanol–water partition coefficient (Wildman–Crippen LogP) is 11.8. The van der Waals surface area contributed by atoms with Gasteiger partial charge in [0.15, 0.2) is 0 Å². The molecule has 0 spiro atoms. The second kappa shape index (κ2) is 18.6. The van der Waals surface area contributed by atoms with Crippen LogP contribution in [0.3, 0.4) is 0 Å². The van der Waals surface area contributed by atoms with Crippen molar-refractivity contribution >= 4 is 22.3 Å². The Morgan fingerprint density at radius 2 is 0.673 bits per heavy atom. The molecule has 6 aromatic rings. The number of rotatable bonds is 16. The summed E-state index contributed by atoms with van der Waals surface area (Å²) >= 11 is 0. The highest BCUT2D eigenvalue weighted by molar-refractivity contribution is 5.99. The molecular formula is C49H49NO2. The van der Waals surface area contributed by atoms with Crippen molar-refractivity contribution in [2.45, 2.75) is 26.7 Å². The van der Waals surface area contributed by atoms with Crippen molar-refractivity contribution in [1.82, 2.24) is 4.90 Å². The minimum atomic E-state index is 0.603. The maximum atomic E-state index is 6.18. The number of hydrogen-bond donors (Lipinski definition) is 0. The van der Waals surface area contributed by atoms with Crippen LogP contribution in [0.4, 0.5) is 0 Å². The van der Waals surface area contributed by atoms with E-state index in [4.69, 9.17) is 9.47 Å². The highest BCUT2D eigenvalue weighted by atomic mass is 16.5. The highest BCUT2D eigenvalue weighted by Gasteiger charge is 2.15. The zero-order valence-corrected chi connectivity index (χ0v) is 30.7. The molecule has 0 heterocycles. The van der Waals surface area contributed by atoms with E-state index in [1.54, 1.807) is 0 Å². The summed E-state index contributed by atoms with van der Waals surface area (Å²) < 4.78 is 12.4. The van der Waals surface area contributed by atoms with Crippen LogP contribution in [0.15, 0.2) is 170 Å². The maximum Gasteiger partial charge on any atom is 0.119 e. The second-order valence-electron chi connectivity index (χ2n) is 12.9. The minimum absolute atomic E-state index is 0.603. The molecule has 6 aromatic carbocycles. The van der Waals surface area contributed by atoms with Gasteiger partial charge in [0.2, 0.25) is 0 Å². The topological polar surface area (TPSA) is 21.7 Å². The molecule has 6 rings (SSSR count). The fourth-order valence-electron chi connectivity index (χ4n) is 6.76. The van der Waals surface area contributed by atoms with Gasteiger partial charge in [-0.3, -0.25) is 4.90 Å². The molecule has 3 heteroatoms. The summed E-state index contributed by atoms with van der Waals surface area (Å²) in [7, 11) is 2.11. The number of likely N-dealkylation sites (N-methyl/N-ethyl adjacent to an activating group) is 1. The van der Waals surface area contributed by atoms with E-state index in [0.29, 0.717) is 13.2 Å².